The lowest BCUT2D eigenvalue weighted by molar-refractivity contribution is -0.126. The van der Waals surface area contributed by atoms with Crippen LogP contribution in [0.3, 0.4) is 0 Å². The maximum Gasteiger partial charge on any atom is 0.138 e. The fourth-order valence-electron chi connectivity index (χ4n) is 1.95. The average Bonchev–Trinajstić information content (AvgIpc) is 2.20. The summed E-state index contributed by atoms with van der Waals surface area (Å²) in [5.74, 6) is 0.705. The van der Waals surface area contributed by atoms with Crippen molar-refractivity contribution >= 4 is 5.78 Å². The highest BCUT2D eigenvalue weighted by molar-refractivity contribution is 5.82. The van der Waals surface area contributed by atoms with Gasteiger partial charge in [0, 0.05) is 32.0 Å². The third-order valence-corrected chi connectivity index (χ3v) is 2.96. The Hall–Kier alpha value is -0.410. The van der Waals surface area contributed by atoms with Gasteiger partial charge < -0.3 is 4.74 Å². The van der Waals surface area contributed by atoms with Crippen molar-refractivity contribution in [1.82, 2.24) is 4.90 Å². The van der Waals surface area contributed by atoms with Gasteiger partial charge in [0.05, 0.1) is 12.7 Å². The molecule has 1 fully saturated rings. The normalized spacial score (nSPS) is 23.7. The van der Waals surface area contributed by atoms with Gasteiger partial charge in [-0.3, -0.25) is 9.69 Å². The van der Waals surface area contributed by atoms with Crippen LogP contribution in [0.25, 0.3) is 0 Å². The lowest BCUT2D eigenvalue weighted by Crippen LogP contribution is -2.42. The molecule has 1 atom stereocenters. The van der Waals surface area contributed by atoms with E-state index in [9.17, 15) is 4.79 Å². The van der Waals surface area contributed by atoms with Gasteiger partial charge in [-0.05, 0) is 20.3 Å². The molecular formula is C12H23NO2. The van der Waals surface area contributed by atoms with Crippen molar-refractivity contribution < 1.29 is 9.53 Å². The van der Waals surface area contributed by atoms with E-state index in [4.69, 9.17) is 4.74 Å². The van der Waals surface area contributed by atoms with Crippen LogP contribution < -0.4 is 0 Å². The maximum absolute atomic E-state index is 11.5. The van der Waals surface area contributed by atoms with Crippen molar-refractivity contribution in [2.75, 3.05) is 26.2 Å². The molecule has 0 aromatic carbocycles. The fraction of sp³-hybridized carbons (Fsp3) is 0.917. The van der Waals surface area contributed by atoms with Crippen LogP contribution in [0.1, 0.15) is 33.6 Å². The Kier molecular flexibility index (Phi) is 5.26. The Bertz CT molecular complexity index is 204. The van der Waals surface area contributed by atoms with Gasteiger partial charge in [0.1, 0.15) is 5.78 Å². The summed E-state index contributed by atoms with van der Waals surface area (Å²) in [6.45, 7) is 9.78. The quantitative estimate of drug-likeness (QED) is 0.696. The number of likely N-dealkylation sites (tertiary alicyclic amines) is 1. The highest BCUT2D eigenvalue weighted by Crippen LogP contribution is 2.15. The summed E-state index contributed by atoms with van der Waals surface area (Å²) in [5.41, 5.74) is 0. The third-order valence-electron chi connectivity index (χ3n) is 2.96. The van der Waals surface area contributed by atoms with E-state index in [1.807, 2.05) is 0 Å². The van der Waals surface area contributed by atoms with Gasteiger partial charge in [-0.25, -0.2) is 0 Å². The van der Waals surface area contributed by atoms with E-state index in [0.29, 0.717) is 11.9 Å². The molecule has 0 aromatic heterocycles. The minimum atomic E-state index is 0.262. The van der Waals surface area contributed by atoms with Crippen LogP contribution in [-0.4, -0.2) is 43.0 Å². The van der Waals surface area contributed by atoms with Gasteiger partial charge in [-0.15, -0.1) is 0 Å². The molecule has 1 aliphatic rings. The lowest BCUT2D eigenvalue weighted by Gasteiger charge is -2.31. The van der Waals surface area contributed by atoms with E-state index < -0.39 is 0 Å². The Morgan fingerprint density at radius 1 is 1.53 bits per heavy atom. The Labute approximate surface area is 92.8 Å². The minimum Gasteiger partial charge on any atom is -0.377 e. The van der Waals surface area contributed by atoms with Crippen molar-refractivity contribution in [1.29, 1.82) is 0 Å². The standard InChI is InChI=1S/C12H23NO2/c1-4-11-9-13(6-5-12(11)14)7-8-15-10(2)3/h10-11H,4-9H2,1-3H3. The number of nitrogens with zero attached hydrogens (tertiary/aromatic N) is 1. The molecule has 15 heavy (non-hydrogen) atoms. The zero-order valence-corrected chi connectivity index (χ0v) is 10.2. The molecule has 1 unspecified atom stereocenters. The number of rotatable bonds is 5. The molecule has 88 valence electrons. The molecule has 1 saturated heterocycles. The second-order valence-corrected chi connectivity index (χ2v) is 4.54. The number of hydrogen-bond acceptors (Lipinski definition) is 3. The Morgan fingerprint density at radius 3 is 2.87 bits per heavy atom. The van der Waals surface area contributed by atoms with E-state index in [1.54, 1.807) is 0 Å². The van der Waals surface area contributed by atoms with Crippen molar-refractivity contribution in [2.24, 2.45) is 5.92 Å². The summed E-state index contributed by atoms with van der Waals surface area (Å²) >= 11 is 0. The molecule has 1 rings (SSSR count). The van der Waals surface area contributed by atoms with Crippen molar-refractivity contribution in [3.63, 3.8) is 0 Å². The molecule has 3 heteroatoms. The summed E-state index contributed by atoms with van der Waals surface area (Å²) in [6, 6.07) is 0. The molecule has 0 N–H and O–H groups in total. The predicted molar refractivity (Wildman–Crippen MR) is 60.9 cm³/mol. The predicted octanol–water partition coefficient (Wildman–Crippen LogP) is 1.71. The second kappa shape index (κ2) is 6.23. The van der Waals surface area contributed by atoms with Crippen LogP contribution in [0.2, 0.25) is 0 Å². The van der Waals surface area contributed by atoms with Gasteiger partial charge in [0.2, 0.25) is 0 Å². The summed E-state index contributed by atoms with van der Waals surface area (Å²) in [4.78, 5) is 13.8. The molecule has 0 bridgehead atoms. The van der Waals surface area contributed by atoms with Crippen LogP contribution in [0, 0.1) is 5.92 Å². The summed E-state index contributed by atoms with van der Waals surface area (Å²) in [5, 5.41) is 0. The Morgan fingerprint density at radius 2 is 2.27 bits per heavy atom. The fourth-order valence-corrected chi connectivity index (χ4v) is 1.95. The van der Waals surface area contributed by atoms with Crippen molar-refractivity contribution in [2.45, 2.75) is 39.7 Å². The number of carbonyl (C=O) groups excluding carboxylic acids is 1. The topological polar surface area (TPSA) is 29.5 Å². The van der Waals surface area contributed by atoms with Crippen LogP contribution in [0.5, 0.6) is 0 Å². The van der Waals surface area contributed by atoms with Crippen LogP contribution in [0.15, 0.2) is 0 Å². The van der Waals surface area contributed by atoms with Gasteiger partial charge in [0.25, 0.3) is 0 Å². The maximum atomic E-state index is 11.5. The molecule has 0 saturated carbocycles. The highest BCUT2D eigenvalue weighted by atomic mass is 16.5. The van der Waals surface area contributed by atoms with E-state index >= 15 is 0 Å². The number of piperidine rings is 1. The molecule has 0 aromatic rings. The smallest absolute Gasteiger partial charge is 0.138 e. The zero-order chi connectivity index (χ0) is 11.3. The highest BCUT2D eigenvalue weighted by Gasteiger charge is 2.25. The molecular weight excluding hydrogens is 190 g/mol. The number of carbonyl (C=O) groups is 1. The molecule has 1 heterocycles. The largest absolute Gasteiger partial charge is 0.377 e. The second-order valence-electron chi connectivity index (χ2n) is 4.54. The van der Waals surface area contributed by atoms with Crippen LogP contribution in [0.4, 0.5) is 0 Å². The van der Waals surface area contributed by atoms with Gasteiger partial charge in [-0.2, -0.15) is 0 Å². The Balaban J connectivity index is 2.23. The molecule has 1 aliphatic heterocycles. The molecule has 0 spiro atoms. The molecule has 0 aliphatic carbocycles. The summed E-state index contributed by atoms with van der Waals surface area (Å²) in [7, 11) is 0. The first-order valence-corrected chi connectivity index (χ1v) is 6.00. The average molecular weight is 213 g/mol. The van der Waals surface area contributed by atoms with Gasteiger partial charge >= 0.3 is 0 Å². The van der Waals surface area contributed by atoms with E-state index in [0.717, 1.165) is 39.1 Å². The lowest BCUT2D eigenvalue weighted by atomic mass is 9.94. The molecule has 0 amide bonds. The minimum absolute atomic E-state index is 0.262. The van der Waals surface area contributed by atoms with Crippen molar-refractivity contribution in [3.8, 4) is 0 Å². The first-order chi connectivity index (χ1) is 7.13. The first-order valence-electron chi connectivity index (χ1n) is 6.00. The van der Waals surface area contributed by atoms with E-state index in [-0.39, 0.29) is 5.92 Å². The van der Waals surface area contributed by atoms with Gasteiger partial charge in [0.15, 0.2) is 0 Å². The summed E-state index contributed by atoms with van der Waals surface area (Å²) < 4.78 is 5.51. The van der Waals surface area contributed by atoms with E-state index in [2.05, 4.69) is 25.7 Å². The zero-order valence-electron chi connectivity index (χ0n) is 10.2. The molecule has 0 radical (unpaired) electrons. The first kappa shape index (κ1) is 12.7. The SMILES string of the molecule is CCC1CN(CCOC(C)C)CCC1=O. The van der Waals surface area contributed by atoms with Crippen LogP contribution in [-0.2, 0) is 9.53 Å². The third kappa shape index (κ3) is 4.31. The number of ketones is 1. The number of Topliss-reactive ketones (excluding diaryl/α,β-unsaturated/α-hetero) is 1. The monoisotopic (exact) mass is 213 g/mol. The molecule has 3 nitrogen and oxygen atoms in total. The van der Waals surface area contributed by atoms with E-state index in [1.165, 1.54) is 0 Å². The number of hydrogen-bond donors (Lipinski definition) is 0. The van der Waals surface area contributed by atoms with Crippen LogP contribution >= 0.6 is 0 Å². The van der Waals surface area contributed by atoms with Crippen molar-refractivity contribution in [3.05, 3.63) is 0 Å². The van der Waals surface area contributed by atoms with Gasteiger partial charge in [-0.1, -0.05) is 6.92 Å². The summed E-state index contributed by atoms with van der Waals surface area (Å²) in [6.07, 6.45) is 2.00. The number of ether oxygens (including phenoxy) is 1.